The van der Waals surface area contributed by atoms with Crippen LogP contribution in [0, 0.1) is 5.41 Å². The van der Waals surface area contributed by atoms with Crippen LogP contribution in [-0.4, -0.2) is 35.4 Å². The van der Waals surface area contributed by atoms with E-state index in [1.807, 2.05) is 38.1 Å². The number of esters is 2. The fraction of sp³-hybridized carbons (Fsp3) is 0.736. The van der Waals surface area contributed by atoms with Gasteiger partial charge in [0.2, 0.25) is 0 Å². The van der Waals surface area contributed by atoms with Crippen molar-refractivity contribution in [1.29, 1.82) is 0 Å². The Morgan fingerprint density at radius 1 is 0.441 bits per heavy atom. The summed E-state index contributed by atoms with van der Waals surface area (Å²) in [6.07, 6.45) is 34.9. The molecule has 59 heavy (non-hydrogen) atoms. The molecule has 0 aliphatic heterocycles. The average Bonchev–Trinajstić information content (AvgIpc) is 3.23. The van der Waals surface area contributed by atoms with Gasteiger partial charge in [0, 0.05) is 18.3 Å². The van der Waals surface area contributed by atoms with Crippen molar-refractivity contribution in [2.75, 3.05) is 13.2 Å². The highest BCUT2D eigenvalue weighted by Gasteiger charge is 2.23. The van der Waals surface area contributed by atoms with Crippen molar-refractivity contribution in [1.82, 2.24) is 0 Å². The van der Waals surface area contributed by atoms with Crippen LogP contribution < -0.4 is 0 Å². The van der Waals surface area contributed by atoms with E-state index in [-0.39, 0.29) is 25.2 Å². The van der Waals surface area contributed by atoms with Crippen LogP contribution in [0.15, 0.2) is 48.5 Å². The second-order valence-corrected chi connectivity index (χ2v) is 18.5. The first-order valence-corrected chi connectivity index (χ1v) is 24.5. The Kier molecular flexibility index (Phi) is 29.7. The molecule has 2 N–H and O–H groups in total. The molecule has 6 heteroatoms. The van der Waals surface area contributed by atoms with Gasteiger partial charge in [0.1, 0.15) is 11.5 Å². The normalized spacial score (nSPS) is 12.7. The molecule has 0 radical (unpaired) electrons. The van der Waals surface area contributed by atoms with Crippen LogP contribution in [0.4, 0.5) is 0 Å². The van der Waals surface area contributed by atoms with E-state index in [0.717, 1.165) is 38.5 Å². The fourth-order valence-electron chi connectivity index (χ4n) is 8.26. The van der Waals surface area contributed by atoms with Gasteiger partial charge in [-0.05, 0) is 85.8 Å². The van der Waals surface area contributed by atoms with Crippen LogP contribution in [0.2, 0.25) is 0 Å². The zero-order valence-electron chi connectivity index (χ0n) is 38.4. The lowest BCUT2D eigenvalue weighted by Gasteiger charge is -2.23. The lowest BCUT2D eigenvalue weighted by Crippen LogP contribution is -2.28. The Morgan fingerprint density at radius 2 is 0.712 bits per heavy atom. The minimum atomic E-state index is -0.399. The van der Waals surface area contributed by atoms with E-state index in [0.29, 0.717) is 36.2 Å². The van der Waals surface area contributed by atoms with E-state index >= 15 is 0 Å². The molecule has 6 nitrogen and oxygen atoms in total. The third-order valence-corrected chi connectivity index (χ3v) is 12.2. The van der Waals surface area contributed by atoms with Crippen molar-refractivity contribution in [2.45, 2.75) is 232 Å². The summed E-state index contributed by atoms with van der Waals surface area (Å²) in [4.78, 5) is 24.8. The molecule has 0 bridgehead atoms. The van der Waals surface area contributed by atoms with Crippen LogP contribution >= 0.6 is 0 Å². The number of phenolic OH excluding ortho intramolecular Hbond substituents is 2. The van der Waals surface area contributed by atoms with Gasteiger partial charge in [-0.15, -0.1) is 0 Å². The number of aromatic hydroxyl groups is 2. The molecule has 0 aliphatic carbocycles. The number of hydrogen-bond donors (Lipinski definition) is 2. The first kappa shape index (κ1) is 52.1. The van der Waals surface area contributed by atoms with Gasteiger partial charge in [-0.25, -0.2) is 0 Å². The molecule has 2 rings (SSSR count). The zero-order chi connectivity index (χ0) is 42.8. The van der Waals surface area contributed by atoms with Crippen molar-refractivity contribution in [2.24, 2.45) is 5.41 Å². The summed E-state index contributed by atoms with van der Waals surface area (Å²) in [6, 6.07) is 15.7. The van der Waals surface area contributed by atoms with Crippen LogP contribution in [-0.2, 0) is 19.1 Å². The summed E-state index contributed by atoms with van der Waals surface area (Å²) in [6.45, 7) is 9.02. The molecule has 0 fully saturated rings. The van der Waals surface area contributed by atoms with Crippen LogP contribution in [0.1, 0.15) is 243 Å². The minimum absolute atomic E-state index is 0.154. The molecule has 2 unspecified atom stereocenters. The molecular weight excluding hydrogens is 733 g/mol. The molecule has 0 saturated carbocycles. The van der Waals surface area contributed by atoms with E-state index in [1.54, 1.807) is 0 Å². The van der Waals surface area contributed by atoms with Crippen molar-refractivity contribution in [3.63, 3.8) is 0 Å². The Balaban J connectivity index is 1.43. The van der Waals surface area contributed by atoms with Crippen molar-refractivity contribution in [3.05, 3.63) is 59.7 Å². The summed E-state index contributed by atoms with van der Waals surface area (Å²) >= 11 is 0. The standard InChI is InChI=1S/C53H88O6/c1-5-7-9-23-29-45(47-35-39-49(54)40-36-47)31-25-19-15-11-13-17-21-27-33-51(56)58-43-53(3,4)44-59-52(57)34-28-22-18-14-12-16-20-26-32-46(30-24-10-8-6-2)48-37-41-50(55)42-38-48/h35-42,45-46,54-55H,5-34,43-44H2,1-4H3. The highest BCUT2D eigenvalue weighted by molar-refractivity contribution is 5.69. The van der Waals surface area contributed by atoms with Crippen molar-refractivity contribution >= 4 is 11.9 Å². The third kappa shape index (κ3) is 27.4. The van der Waals surface area contributed by atoms with Gasteiger partial charge in [-0.1, -0.05) is 193 Å². The first-order valence-electron chi connectivity index (χ1n) is 24.5. The van der Waals surface area contributed by atoms with E-state index in [9.17, 15) is 19.8 Å². The largest absolute Gasteiger partial charge is 0.508 e. The number of rotatable bonds is 38. The summed E-state index contributed by atoms with van der Waals surface area (Å²) in [5, 5.41) is 19.4. The number of carbonyl (C=O) groups is 2. The second kappa shape index (κ2) is 33.7. The second-order valence-electron chi connectivity index (χ2n) is 18.5. The van der Waals surface area contributed by atoms with Gasteiger partial charge in [-0.3, -0.25) is 9.59 Å². The van der Waals surface area contributed by atoms with Crippen LogP contribution in [0.5, 0.6) is 11.5 Å². The average molecular weight is 821 g/mol. The predicted octanol–water partition coefficient (Wildman–Crippen LogP) is 15.8. The van der Waals surface area contributed by atoms with Gasteiger partial charge >= 0.3 is 11.9 Å². The van der Waals surface area contributed by atoms with E-state index in [2.05, 4.69) is 38.1 Å². The Bertz CT molecular complexity index is 1200. The molecule has 0 spiro atoms. The number of phenols is 2. The number of benzene rings is 2. The molecule has 0 heterocycles. The first-order chi connectivity index (χ1) is 28.6. The van der Waals surface area contributed by atoms with Gasteiger partial charge in [0.15, 0.2) is 0 Å². The minimum Gasteiger partial charge on any atom is -0.508 e. The number of unbranched alkanes of at least 4 members (excludes halogenated alkanes) is 20. The Morgan fingerprint density at radius 3 is 1.02 bits per heavy atom. The zero-order valence-corrected chi connectivity index (χ0v) is 38.4. The highest BCUT2D eigenvalue weighted by atomic mass is 16.5. The number of carbonyl (C=O) groups excluding carboxylic acids is 2. The van der Waals surface area contributed by atoms with E-state index < -0.39 is 5.41 Å². The van der Waals surface area contributed by atoms with Crippen LogP contribution in [0.25, 0.3) is 0 Å². The molecule has 336 valence electrons. The molecule has 0 saturated heterocycles. The molecule has 2 aromatic carbocycles. The smallest absolute Gasteiger partial charge is 0.305 e. The molecule has 0 aromatic heterocycles. The molecule has 2 atom stereocenters. The van der Waals surface area contributed by atoms with Gasteiger partial charge < -0.3 is 19.7 Å². The third-order valence-electron chi connectivity index (χ3n) is 12.2. The lowest BCUT2D eigenvalue weighted by atomic mass is 9.88. The quantitative estimate of drug-likeness (QED) is 0.0518. The number of hydrogen-bond acceptors (Lipinski definition) is 6. The summed E-state index contributed by atoms with van der Waals surface area (Å²) < 4.78 is 11.1. The molecule has 2 aromatic rings. The summed E-state index contributed by atoms with van der Waals surface area (Å²) in [5.74, 6) is 1.58. The maximum Gasteiger partial charge on any atom is 0.305 e. The van der Waals surface area contributed by atoms with E-state index in [1.165, 1.54) is 152 Å². The number of ether oxygens (including phenoxy) is 2. The SMILES string of the molecule is CCCCCCC(CCCCCCCCCCC(=O)OCC(C)(C)COC(=O)CCCCCCCCCCC(CCCCCC)c1ccc(O)cc1)c1ccc(O)cc1. The predicted molar refractivity (Wildman–Crippen MR) is 247 cm³/mol. The van der Waals surface area contributed by atoms with Gasteiger partial charge in [0.05, 0.1) is 13.2 Å². The maximum atomic E-state index is 12.4. The molecule has 0 aliphatic rings. The summed E-state index contributed by atoms with van der Waals surface area (Å²) in [7, 11) is 0. The summed E-state index contributed by atoms with van der Waals surface area (Å²) in [5.41, 5.74) is 2.34. The molecular formula is C53H88O6. The lowest BCUT2D eigenvalue weighted by molar-refractivity contribution is -0.152. The van der Waals surface area contributed by atoms with Crippen LogP contribution in [0.3, 0.4) is 0 Å². The van der Waals surface area contributed by atoms with Crippen molar-refractivity contribution in [3.8, 4) is 11.5 Å². The van der Waals surface area contributed by atoms with E-state index in [4.69, 9.17) is 9.47 Å². The van der Waals surface area contributed by atoms with Crippen molar-refractivity contribution < 1.29 is 29.3 Å². The Hall–Kier alpha value is -3.02. The maximum absolute atomic E-state index is 12.4. The van der Waals surface area contributed by atoms with Gasteiger partial charge in [0.25, 0.3) is 0 Å². The molecule has 0 amide bonds. The fourth-order valence-corrected chi connectivity index (χ4v) is 8.26. The Labute approximate surface area is 362 Å². The topological polar surface area (TPSA) is 93.1 Å². The van der Waals surface area contributed by atoms with Gasteiger partial charge in [-0.2, -0.15) is 0 Å². The monoisotopic (exact) mass is 821 g/mol. The highest BCUT2D eigenvalue weighted by Crippen LogP contribution is 2.31.